The van der Waals surface area contributed by atoms with Crippen LogP contribution in [0.3, 0.4) is 0 Å². The Bertz CT molecular complexity index is 609. The van der Waals surface area contributed by atoms with Gasteiger partial charge in [-0.15, -0.1) is 11.3 Å². The van der Waals surface area contributed by atoms with Crippen LogP contribution in [0.4, 0.5) is 5.13 Å². The van der Waals surface area contributed by atoms with Crippen molar-refractivity contribution >= 4 is 22.4 Å². The Morgan fingerprint density at radius 2 is 2.09 bits per heavy atom. The average molecular weight is 330 g/mol. The second-order valence-corrected chi connectivity index (χ2v) is 6.84. The molecule has 1 atom stereocenters. The first kappa shape index (κ1) is 16.1. The molecule has 1 aromatic carbocycles. The van der Waals surface area contributed by atoms with Gasteiger partial charge in [0.1, 0.15) is 0 Å². The summed E-state index contributed by atoms with van der Waals surface area (Å²) in [4.78, 5) is 19.0. The van der Waals surface area contributed by atoms with Gasteiger partial charge in [-0.05, 0) is 30.7 Å². The molecule has 122 valence electrons. The van der Waals surface area contributed by atoms with E-state index in [0.29, 0.717) is 5.92 Å². The summed E-state index contributed by atoms with van der Waals surface area (Å²) in [6.07, 6.45) is 4.69. The summed E-state index contributed by atoms with van der Waals surface area (Å²) in [5.41, 5.74) is 1.09. The van der Waals surface area contributed by atoms with E-state index in [9.17, 15) is 4.79 Å². The average Bonchev–Trinajstić information content (AvgIpc) is 3.15. The molecule has 2 heterocycles. The Balaban J connectivity index is 1.80. The summed E-state index contributed by atoms with van der Waals surface area (Å²) >= 11 is 1.49. The van der Waals surface area contributed by atoms with Gasteiger partial charge in [-0.3, -0.25) is 9.69 Å². The third-order valence-corrected chi connectivity index (χ3v) is 5.29. The van der Waals surface area contributed by atoms with Gasteiger partial charge in [0.25, 0.3) is 0 Å². The molecule has 1 aromatic heterocycles. The molecule has 3 rings (SSSR count). The molecule has 0 bridgehead atoms. The fourth-order valence-corrected chi connectivity index (χ4v) is 3.70. The lowest BCUT2D eigenvalue weighted by molar-refractivity contribution is -0.120. The van der Waals surface area contributed by atoms with Gasteiger partial charge < -0.3 is 4.74 Å². The van der Waals surface area contributed by atoms with Crippen LogP contribution < -0.4 is 4.90 Å². The normalized spacial score (nSPS) is 16.9. The summed E-state index contributed by atoms with van der Waals surface area (Å²) in [7, 11) is 1.82. The Labute approximate surface area is 141 Å². The number of likely N-dealkylation sites (N-methyl/N-ethyl adjacent to an activating group) is 1. The minimum atomic E-state index is -0.117. The number of nitrogens with zero attached hydrogens (tertiary/aromatic N) is 2. The van der Waals surface area contributed by atoms with Crippen LogP contribution in [-0.4, -0.2) is 31.2 Å². The van der Waals surface area contributed by atoms with Gasteiger partial charge in [-0.2, -0.15) is 0 Å². The number of anilines is 1. The smallest absolute Gasteiger partial charge is 0.236 e. The van der Waals surface area contributed by atoms with E-state index in [0.717, 1.165) is 43.2 Å². The van der Waals surface area contributed by atoms with E-state index in [-0.39, 0.29) is 11.8 Å². The fourth-order valence-electron chi connectivity index (χ4n) is 3.09. The molecule has 1 aliphatic rings. The predicted molar refractivity (Wildman–Crippen MR) is 92.9 cm³/mol. The van der Waals surface area contributed by atoms with Crippen LogP contribution in [0.2, 0.25) is 0 Å². The Morgan fingerprint density at radius 3 is 2.74 bits per heavy atom. The SMILES string of the molecule is CN(C(=O)C(CC1CCOCC1)c1ccccc1)c1nccs1. The first-order valence-electron chi connectivity index (χ1n) is 8.05. The van der Waals surface area contributed by atoms with Crippen LogP contribution in [0, 0.1) is 5.92 Å². The number of carbonyl (C=O) groups is 1. The minimum absolute atomic E-state index is 0.117. The first-order chi connectivity index (χ1) is 11.3. The highest BCUT2D eigenvalue weighted by atomic mass is 32.1. The van der Waals surface area contributed by atoms with Crippen molar-refractivity contribution in [2.24, 2.45) is 5.92 Å². The monoisotopic (exact) mass is 330 g/mol. The molecular formula is C18H22N2O2S. The van der Waals surface area contributed by atoms with Gasteiger partial charge in [-0.25, -0.2) is 4.98 Å². The Hall–Kier alpha value is -1.72. The molecule has 1 aliphatic heterocycles. The van der Waals surface area contributed by atoms with Crippen molar-refractivity contribution in [1.82, 2.24) is 4.98 Å². The third kappa shape index (κ3) is 3.98. The maximum Gasteiger partial charge on any atom is 0.236 e. The maximum atomic E-state index is 13.1. The molecule has 1 saturated heterocycles. The van der Waals surface area contributed by atoms with Crippen molar-refractivity contribution in [2.75, 3.05) is 25.2 Å². The molecular weight excluding hydrogens is 308 g/mol. The highest BCUT2D eigenvalue weighted by Crippen LogP contribution is 2.32. The van der Waals surface area contributed by atoms with E-state index < -0.39 is 0 Å². The summed E-state index contributed by atoms with van der Waals surface area (Å²) < 4.78 is 5.45. The number of carbonyl (C=O) groups excluding carboxylic acids is 1. The molecule has 23 heavy (non-hydrogen) atoms. The molecule has 0 N–H and O–H groups in total. The van der Waals surface area contributed by atoms with Crippen molar-refractivity contribution in [1.29, 1.82) is 0 Å². The molecule has 1 amide bonds. The Kier molecular flexibility index (Phi) is 5.41. The second kappa shape index (κ2) is 7.70. The highest BCUT2D eigenvalue weighted by molar-refractivity contribution is 7.13. The lowest BCUT2D eigenvalue weighted by Crippen LogP contribution is -2.33. The second-order valence-electron chi connectivity index (χ2n) is 5.97. The predicted octanol–water partition coefficient (Wildman–Crippen LogP) is 3.71. The summed E-state index contributed by atoms with van der Waals surface area (Å²) in [5, 5.41) is 2.65. The first-order valence-corrected chi connectivity index (χ1v) is 8.93. The van der Waals surface area contributed by atoms with Crippen LogP contribution in [0.5, 0.6) is 0 Å². The molecule has 0 spiro atoms. The van der Waals surface area contributed by atoms with E-state index >= 15 is 0 Å². The number of hydrogen-bond acceptors (Lipinski definition) is 4. The maximum absolute atomic E-state index is 13.1. The van der Waals surface area contributed by atoms with Gasteiger partial charge in [0.15, 0.2) is 5.13 Å². The summed E-state index contributed by atoms with van der Waals surface area (Å²) in [5.74, 6) is 0.549. The van der Waals surface area contributed by atoms with Crippen molar-refractivity contribution in [3.05, 3.63) is 47.5 Å². The fraction of sp³-hybridized carbons (Fsp3) is 0.444. The van der Waals surface area contributed by atoms with Gasteiger partial charge in [0.2, 0.25) is 5.91 Å². The standard InChI is InChI=1S/C18H22N2O2S/c1-20(18-19-9-12-23-18)17(21)16(15-5-3-2-4-6-15)13-14-7-10-22-11-8-14/h2-6,9,12,14,16H,7-8,10-11,13H2,1H3. The lowest BCUT2D eigenvalue weighted by Gasteiger charge is -2.28. The number of amides is 1. The van der Waals surface area contributed by atoms with Crippen molar-refractivity contribution in [2.45, 2.75) is 25.2 Å². The van der Waals surface area contributed by atoms with E-state index in [1.807, 2.05) is 30.6 Å². The topological polar surface area (TPSA) is 42.4 Å². The number of hydrogen-bond donors (Lipinski definition) is 0. The molecule has 0 saturated carbocycles. The number of ether oxygens (including phenoxy) is 1. The van der Waals surface area contributed by atoms with Crippen LogP contribution >= 0.6 is 11.3 Å². The zero-order chi connectivity index (χ0) is 16.1. The molecule has 1 fully saturated rings. The number of rotatable bonds is 5. The largest absolute Gasteiger partial charge is 0.381 e. The van der Waals surface area contributed by atoms with Crippen LogP contribution in [0.1, 0.15) is 30.7 Å². The van der Waals surface area contributed by atoms with E-state index in [4.69, 9.17) is 4.74 Å². The zero-order valence-electron chi connectivity index (χ0n) is 13.4. The molecule has 2 aromatic rings. The van der Waals surface area contributed by atoms with Crippen LogP contribution in [-0.2, 0) is 9.53 Å². The summed E-state index contributed by atoms with van der Waals surface area (Å²) in [6.45, 7) is 1.62. The summed E-state index contributed by atoms with van der Waals surface area (Å²) in [6, 6.07) is 10.1. The highest BCUT2D eigenvalue weighted by Gasteiger charge is 2.29. The lowest BCUT2D eigenvalue weighted by atomic mass is 9.84. The van der Waals surface area contributed by atoms with E-state index in [2.05, 4.69) is 17.1 Å². The van der Waals surface area contributed by atoms with E-state index in [1.165, 1.54) is 11.3 Å². The van der Waals surface area contributed by atoms with Gasteiger partial charge in [0, 0.05) is 31.8 Å². The number of benzene rings is 1. The van der Waals surface area contributed by atoms with Crippen molar-refractivity contribution < 1.29 is 9.53 Å². The van der Waals surface area contributed by atoms with Crippen molar-refractivity contribution in [3.63, 3.8) is 0 Å². The zero-order valence-corrected chi connectivity index (χ0v) is 14.2. The van der Waals surface area contributed by atoms with Gasteiger partial charge in [0.05, 0.1) is 5.92 Å². The number of thiazole rings is 1. The molecule has 4 nitrogen and oxygen atoms in total. The van der Waals surface area contributed by atoms with Gasteiger partial charge >= 0.3 is 0 Å². The quantitative estimate of drug-likeness (QED) is 0.839. The molecule has 0 radical (unpaired) electrons. The third-order valence-electron chi connectivity index (χ3n) is 4.45. The molecule has 5 heteroatoms. The van der Waals surface area contributed by atoms with Crippen molar-refractivity contribution in [3.8, 4) is 0 Å². The molecule has 0 aliphatic carbocycles. The van der Waals surface area contributed by atoms with E-state index in [1.54, 1.807) is 11.1 Å². The molecule has 1 unspecified atom stereocenters. The number of aromatic nitrogens is 1. The minimum Gasteiger partial charge on any atom is -0.381 e. The Morgan fingerprint density at radius 1 is 1.35 bits per heavy atom. The van der Waals surface area contributed by atoms with Crippen LogP contribution in [0.25, 0.3) is 0 Å². The van der Waals surface area contributed by atoms with Gasteiger partial charge in [-0.1, -0.05) is 30.3 Å². The van der Waals surface area contributed by atoms with Crippen LogP contribution in [0.15, 0.2) is 41.9 Å².